The minimum atomic E-state index is 0.788. The molecule has 2 nitrogen and oxygen atoms in total. The van der Waals surface area contributed by atoms with Crippen LogP contribution in [-0.4, -0.2) is 24.0 Å². The van der Waals surface area contributed by atoms with Crippen molar-refractivity contribution in [2.24, 2.45) is 0 Å². The summed E-state index contributed by atoms with van der Waals surface area (Å²) in [7, 11) is 0. The predicted octanol–water partition coefficient (Wildman–Crippen LogP) is 3.17. The molecule has 1 saturated carbocycles. The molecule has 0 saturated heterocycles. The van der Waals surface area contributed by atoms with Crippen LogP contribution in [0.3, 0.4) is 0 Å². The molecule has 18 heavy (non-hydrogen) atoms. The third kappa shape index (κ3) is 4.11. The van der Waals surface area contributed by atoms with E-state index in [0.29, 0.717) is 0 Å². The van der Waals surface area contributed by atoms with Crippen molar-refractivity contribution in [1.82, 2.24) is 10.2 Å². The maximum Gasteiger partial charge on any atom is 0.0236 e. The van der Waals surface area contributed by atoms with Gasteiger partial charge < -0.3 is 5.32 Å². The standard InChI is InChI=1S/C16H26N2/c1-3-11-18(4-2)13-15-8-6-5-7-14(15)12-17-16-9-10-16/h5-8,16-17H,3-4,9-13H2,1-2H3. The highest BCUT2D eigenvalue weighted by atomic mass is 15.1. The lowest BCUT2D eigenvalue weighted by Crippen LogP contribution is -2.25. The first-order valence-corrected chi connectivity index (χ1v) is 7.36. The Labute approximate surface area is 111 Å². The van der Waals surface area contributed by atoms with Gasteiger partial charge in [-0.05, 0) is 43.5 Å². The van der Waals surface area contributed by atoms with Gasteiger partial charge in [0.15, 0.2) is 0 Å². The van der Waals surface area contributed by atoms with Gasteiger partial charge in [-0.25, -0.2) is 0 Å². The molecule has 0 amide bonds. The third-order valence-corrected chi connectivity index (χ3v) is 3.66. The van der Waals surface area contributed by atoms with E-state index in [0.717, 1.165) is 25.7 Å². The van der Waals surface area contributed by atoms with Gasteiger partial charge in [-0.15, -0.1) is 0 Å². The van der Waals surface area contributed by atoms with E-state index in [4.69, 9.17) is 0 Å². The molecule has 0 bridgehead atoms. The third-order valence-electron chi connectivity index (χ3n) is 3.66. The fraction of sp³-hybridized carbons (Fsp3) is 0.625. The minimum absolute atomic E-state index is 0.788. The Morgan fingerprint density at radius 1 is 1.17 bits per heavy atom. The van der Waals surface area contributed by atoms with E-state index in [1.807, 2.05) is 0 Å². The Morgan fingerprint density at radius 3 is 2.50 bits per heavy atom. The lowest BCUT2D eigenvalue weighted by atomic mass is 10.1. The number of nitrogens with one attached hydrogen (secondary N) is 1. The minimum Gasteiger partial charge on any atom is -0.310 e. The van der Waals surface area contributed by atoms with E-state index in [1.165, 1.54) is 36.9 Å². The van der Waals surface area contributed by atoms with Crippen molar-refractivity contribution >= 4 is 0 Å². The van der Waals surface area contributed by atoms with E-state index < -0.39 is 0 Å². The van der Waals surface area contributed by atoms with E-state index in [-0.39, 0.29) is 0 Å². The van der Waals surface area contributed by atoms with Crippen LogP contribution in [0.2, 0.25) is 0 Å². The van der Waals surface area contributed by atoms with Crippen molar-refractivity contribution in [2.45, 2.75) is 52.2 Å². The second kappa shape index (κ2) is 6.91. The molecule has 1 aromatic rings. The van der Waals surface area contributed by atoms with Crippen LogP contribution in [0.4, 0.5) is 0 Å². The normalized spacial score (nSPS) is 15.3. The first-order valence-electron chi connectivity index (χ1n) is 7.36. The van der Waals surface area contributed by atoms with E-state index >= 15 is 0 Å². The van der Waals surface area contributed by atoms with Crippen LogP contribution in [-0.2, 0) is 13.1 Å². The molecule has 0 atom stereocenters. The Morgan fingerprint density at radius 2 is 1.89 bits per heavy atom. The Balaban J connectivity index is 1.96. The van der Waals surface area contributed by atoms with Crippen molar-refractivity contribution < 1.29 is 0 Å². The van der Waals surface area contributed by atoms with Gasteiger partial charge in [0.1, 0.15) is 0 Å². The number of rotatable bonds is 8. The zero-order valence-corrected chi connectivity index (χ0v) is 11.8. The molecule has 2 heteroatoms. The van der Waals surface area contributed by atoms with Gasteiger partial charge in [0, 0.05) is 19.1 Å². The van der Waals surface area contributed by atoms with Gasteiger partial charge >= 0.3 is 0 Å². The Hall–Kier alpha value is -0.860. The van der Waals surface area contributed by atoms with E-state index in [9.17, 15) is 0 Å². The highest BCUT2D eigenvalue weighted by molar-refractivity contribution is 5.27. The second-order valence-corrected chi connectivity index (χ2v) is 5.29. The molecule has 0 heterocycles. The zero-order chi connectivity index (χ0) is 12.8. The molecule has 2 rings (SSSR count). The number of hydrogen-bond donors (Lipinski definition) is 1. The van der Waals surface area contributed by atoms with Gasteiger partial charge in [-0.1, -0.05) is 38.1 Å². The van der Waals surface area contributed by atoms with Gasteiger partial charge in [0.05, 0.1) is 0 Å². The summed E-state index contributed by atoms with van der Waals surface area (Å²) in [5.41, 5.74) is 2.96. The first kappa shape index (κ1) is 13.6. The fourth-order valence-corrected chi connectivity index (χ4v) is 2.33. The maximum atomic E-state index is 3.62. The maximum absolute atomic E-state index is 3.62. The Bertz CT molecular complexity index is 358. The summed E-state index contributed by atoms with van der Waals surface area (Å²) in [5, 5.41) is 3.62. The van der Waals surface area contributed by atoms with Crippen LogP contribution in [0.1, 0.15) is 44.2 Å². The van der Waals surface area contributed by atoms with E-state index in [1.54, 1.807) is 0 Å². The number of hydrogen-bond acceptors (Lipinski definition) is 2. The molecule has 1 aliphatic carbocycles. The summed E-state index contributed by atoms with van der Waals surface area (Å²) in [6, 6.07) is 9.65. The summed E-state index contributed by atoms with van der Waals surface area (Å²) in [6.07, 6.45) is 3.95. The highest BCUT2D eigenvalue weighted by Crippen LogP contribution is 2.20. The van der Waals surface area contributed by atoms with Crippen LogP contribution >= 0.6 is 0 Å². The van der Waals surface area contributed by atoms with Crippen LogP contribution in [0.25, 0.3) is 0 Å². The molecule has 1 aliphatic rings. The SMILES string of the molecule is CCCN(CC)Cc1ccccc1CNC1CC1. The van der Waals surface area contributed by atoms with Crippen LogP contribution < -0.4 is 5.32 Å². The van der Waals surface area contributed by atoms with Gasteiger partial charge in [-0.3, -0.25) is 4.90 Å². The van der Waals surface area contributed by atoms with Crippen LogP contribution in [0.15, 0.2) is 24.3 Å². The molecular weight excluding hydrogens is 220 g/mol. The summed E-state index contributed by atoms with van der Waals surface area (Å²) in [5.74, 6) is 0. The van der Waals surface area contributed by atoms with Crippen molar-refractivity contribution in [1.29, 1.82) is 0 Å². The first-order chi connectivity index (χ1) is 8.83. The number of nitrogens with zero attached hydrogens (tertiary/aromatic N) is 1. The van der Waals surface area contributed by atoms with Gasteiger partial charge in [0.2, 0.25) is 0 Å². The molecule has 0 spiro atoms. The average Bonchev–Trinajstić information content (AvgIpc) is 3.21. The lowest BCUT2D eigenvalue weighted by Gasteiger charge is -2.21. The molecule has 1 aromatic carbocycles. The molecule has 0 unspecified atom stereocenters. The van der Waals surface area contributed by atoms with Crippen molar-refractivity contribution in [3.63, 3.8) is 0 Å². The van der Waals surface area contributed by atoms with Gasteiger partial charge in [0.25, 0.3) is 0 Å². The molecule has 1 N–H and O–H groups in total. The molecule has 100 valence electrons. The monoisotopic (exact) mass is 246 g/mol. The summed E-state index contributed by atoms with van der Waals surface area (Å²) < 4.78 is 0. The molecule has 1 fully saturated rings. The number of benzene rings is 1. The smallest absolute Gasteiger partial charge is 0.0236 e. The van der Waals surface area contributed by atoms with E-state index in [2.05, 4.69) is 48.3 Å². The van der Waals surface area contributed by atoms with Crippen molar-refractivity contribution in [2.75, 3.05) is 13.1 Å². The predicted molar refractivity (Wildman–Crippen MR) is 77.5 cm³/mol. The fourth-order valence-electron chi connectivity index (χ4n) is 2.33. The molecule has 0 radical (unpaired) electrons. The molecule has 0 aliphatic heterocycles. The average molecular weight is 246 g/mol. The van der Waals surface area contributed by atoms with Crippen molar-refractivity contribution in [3.05, 3.63) is 35.4 Å². The lowest BCUT2D eigenvalue weighted by molar-refractivity contribution is 0.279. The largest absolute Gasteiger partial charge is 0.310 e. The summed E-state index contributed by atoms with van der Waals surface area (Å²) >= 11 is 0. The Kier molecular flexibility index (Phi) is 5.21. The molecule has 0 aromatic heterocycles. The van der Waals surface area contributed by atoms with Crippen molar-refractivity contribution in [3.8, 4) is 0 Å². The zero-order valence-electron chi connectivity index (χ0n) is 11.8. The molecular formula is C16H26N2. The van der Waals surface area contributed by atoms with Crippen LogP contribution in [0, 0.1) is 0 Å². The summed E-state index contributed by atoms with van der Waals surface area (Å²) in [6.45, 7) is 8.96. The highest BCUT2D eigenvalue weighted by Gasteiger charge is 2.20. The van der Waals surface area contributed by atoms with Gasteiger partial charge in [-0.2, -0.15) is 0 Å². The second-order valence-electron chi connectivity index (χ2n) is 5.29. The summed E-state index contributed by atoms with van der Waals surface area (Å²) in [4.78, 5) is 2.52. The topological polar surface area (TPSA) is 15.3 Å². The quantitative estimate of drug-likeness (QED) is 0.758. The van der Waals surface area contributed by atoms with Crippen LogP contribution in [0.5, 0.6) is 0 Å².